The third kappa shape index (κ3) is 5.50. The van der Waals surface area contributed by atoms with E-state index < -0.39 is 0 Å². The van der Waals surface area contributed by atoms with E-state index in [1.54, 1.807) is 7.11 Å². The molecule has 1 aromatic heterocycles. The summed E-state index contributed by atoms with van der Waals surface area (Å²) in [7, 11) is 1.64. The molecule has 3 rings (SSSR count). The Morgan fingerprint density at radius 2 is 1.71 bits per heavy atom. The van der Waals surface area contributed by atoms with E-state index in [-0.39, 0.29) is 0 Å². The maximum atomic E-state index is 6.02. The number of aryl methyl sites for hydroxylation is 2. The van der Waals surface area contributed by atoms with E-state index in [1.165, 1.54) is 0 Å². The molecule has 0 aliphatic heterocycles. The van der Waals surface area contributed by atoms with E-state index >= 15 is 0 Å². The first kappa shape index (κ1) is 19.8. The monoisotopic (exact) mass is 398 g/mol. The van der Waals surface area contributed by atoms with Gasteiger partial charge in [0.25, 0.3) is 0 Å². The lowest BCUT2D eigenvalue weighted by Crippen LogP contribution is -2.14. The van der Waals surface area contributed by atoms with Crippen LogP contribution in [0.2, 0.25) is 5.02 Å². The minimum Gasteiger partial charge on any atom is -0.497 e. The van der Waals surface area contributed by atoms with Gasteiger partial charge in [0.2, 0.25) is 5.95 Å². The van der Waals surface area contributed by atoms with Crippen LogP contribution in [0.25, 0.3) is 0 Å². The summed E-state index contributed by atoms with van der Waals surface area (Å²) in [5.41, 5.74) is 2.87. The first-order chi connectivity index (χ1) is 13.5. The lowest BCUT2D eigenvalue weighted by Gasteiger charge is -2.12. The topological polar surface area (TPSA) is 68.3 Å². The summed E-state index contributed by atoms with van der Waals surface area (Å²) in [6, 6.07) is 15.1. The van der Waals surface area contributed by atoms with Crippen molar-refractivity contribution in [1.82, 2.24) is 9.97 Å². The van der Waals surface area contributed by atoms with Gasteiger partial charge in [0.05, 0.1) is 13.7 Å². The molecule has 3 aromatic rings. The molecule has 0 saturated carbocycles. The van der Waals surface area contributed by atoms with Crippen molar-refractivity contribution in [2.24, 2.45) is 0 Å². The van der Waals surface area contributed by atoms with E-state index in [2.05, 4.69) is 20.6 Å². The second kappa shape index (κ2) is 9.28. The van der Waals surface area contributed by atoms with Gasteiger partial charge in [-0.05, 0) is 61.9 Å². The van der Waals surface area contributed by atoms with Crippen molar-refractivity contribution in [3.05, 3.63) is 64.8 Å². The molecule has 0 fully saturated rings. The third-order valence-electron chi connectivity index (χ3n) is 4.02. The van der Waals surface area contributed by atoms with Gasteiger partial charge in [-0.25, -0.2) is 4.98 Å². The Hall–Kier alpha value is -2.99. The molecular formula is C21H23ClN4O2. The van der Waals surface area contributed by atoms with Gasteiger partial charge in [-0.3, -0.25) is 0 Å². The summed E-state index contributed by atoms with van der Waals surface area (Å²) in [5, 5.41) is 7.22. The van der Waals surface area contributed by atoms with E-state index in [1.807, 2.05) is 62.4 Å². The van der Waals surface area contributed by atoms with Crippen LogP contribution in [-0.4, -0.2) is 30.2 Å². The quantitative estimate of drug-likeness (QED) is 0.521. The second-order valence-corrected chi connectivity index (χ2v) is 6.69. The van der Waals surface area contributed by atoms with Gasteiger partial charge in [0.1, 0.15) is 23.9 Å². The summed E-state index contributed by atoms with van der Waals surface area (Å²) in [4.78, 5) is 8.95. The number of nitrogens with zero attached hydrogens (tertiary/aromatic N) is 2. The highest BCUT2D eigenvalue weighted by atomic mass is 35.5. The standard InChI is InChI=1S/C21H23ClN4O2/c1-14-12-16(22)4-9-19(14)25-20-13-15(2)24-21(26-20)23-10-11-28-18-7-5-17(27-3)6-8-18/h4-9,12-13H,10-11H2,1-3H3,(H2,23,24,25,26). The zero-order valence-electron chi connectivity index (χ0n) is 16.1. The number of nitrogens with one attached hydrogen (secondary N) is 2. The highest BCUT2D eigenvalue weighted by Crippen LogP contribution is 2.23. The first-order valence-corrected chi connectivity index (χ1v) is 9.31. The second-order valence-electron chi connectivity index (χ2n) is 6.25. The predicted molar refractivity (Wildman–Crippen MR) is 113 cm³/mol. The van der Waals surface area contributed by atoms with Crippen molar-refractivity contribution in [3.63, 3.8) is 0 Å². The minimum absolute atomic E-state index is 0.489. The number of hydrogen-bond donors (Lipinski definition) is 2. The number of aromatic nitrogens is 2. The van der Waals surface area contributed by atoms with Crippen LogP contribution in [0.1, 0.15) is 11.3 Å². The fourth-order valence-electron chi connectivity index (χ4n) is 2.62. The van der Waals surface area contributed by atoms with Crippen LogP contribution in [0, 0.1) is 13.8 Å². The van der Waals surface area contributed by atoms with Crippen molar-refractivity contribution < 1.29 is 9.47 Å². The van der Waals surface area contributed by atoms with Gasteiger partial charge in [-0.2, -0.15) is 4.98 Å². The van der Waals surface area contributed by atoms with Crippen molar-refractivity contribution in [3.8, 4) is 11.5 Å². The fourth-order valence-corrected chi connectivity index (χ4v) is 2.85. The lowest BCUT2D eigenvalue weighted by atomic mass is 10.2. The largest absolute Gasteiger partial charge is 0.497 e. The highest BCUT2D eigenvalue weighted by molar-refractivity contribution is 6.30. The van der Waals surface area contributed by atoms with Gasteiger partial charge < -0.3 is 20.1 Å². The van der Waals surface area contributed by atoms with E-state index in [0.29, 0.717) is 24.1 Å². The number of benzene rings is 2. The number of hydrogen-bond acceptors (Lipinski definition) is 6. The Kier molecular flexibility index (Phi) is 6.55. The van der Waals surface area contributed by atoms with Crippen LogP contribution in [0.4, 0.5) is 17.5 Å². The summed E-state index contributed by atoms with van der Waals surface area (Å²) in [5.74, 6) is 2.85. The van der Waals surface area contributed by atoms with Crippen LogP contribution in [0.3, 0.4) is 0 Å². The first-order valence-electron chi connectivity index (χ1n) is 8.93. The maximum Gasteiger partial charge on any atom is 0.224 e. The lowest BCUT2D eigenvalue weighted by molar-refractivity contribution is 0.331. The van der Waals surface area contributed by atoms with Crippen molar-refractivity contribution in [2.75, 3.05) is 30.9 Å². The Bertz CT molecular complexity index is 932. The predicted octanol–water partition coefficient (Wildman–Crippen LogP) is 4.99. The number of rotatable bonds is 8. The molecule has 2 N–H and O–H groups in total. The van der Waals surface area contributed by atoms with Gasteiger partial charge in [0.15, 0.2) is 0 Å². The third-order valence-corrected chi connectivity index (χ3v) is 4.25. The number of anilines is 3. The summed E-state index contributed by atoms with van der Waals surface area (Å²) >= 11 is 6.02. The molecule has 0 aliphatic rings. The molecule has 0 amide bonds. The minimum atomic E-state index is 0.489. The average Bonchev–Trinajstić information content (AvgIpc) is 2.67. The van der Waals surface area contributed by atoms with E-state index in [0.717, 1.165) is 34.3 Å². The molecule has 0 radical (unpaired) electrons. The van der Waals surface area contributed by atoms with E-state index in [9.17, 15) is 0 Å². The average molecular weight is 399 g/mol. The molecule has 0 spiro atoms. The van der Waals surface area contributed by atoms with Crippen molar-refractivity contribution in [2.45, 2.75) is 13.8 Å². The van der Waals surface area contributed by atoms with E-state index in [4.69, 9.17) is 21.1 Å². The maximum absolute atomic E-state index is 6.02. The smallest absolute Gasteiger partial charge is 0.224 e. The Balaban J connectivity index is 1.56. The Morgan fingerprint density at radius 3 is 2.43 bits per heavy atom. The van der Waals surface area contributed by atoms with Crippen LogP contribution >= 0.6 is 11.6 Å². The zero-order valence-corrected chi connectivity index (χ0v) is 16.9. The Morgan fingerprint density at radius 1 is 0.964 bits per heavy atom. The number of halogens is 1. The molecule has 146 valence electrons. The number of ether oxygens (including phenoxy) is 2. The van der Waals surface area contributed by atoms with Crippen LogP contribution in [-0.2, 0) is 0 Å². The zero-order chi connectivity index (χ0) is 19.9. The SMILES string of the molecule is COc1ccc(OCCNc2nc(C)cc(Nc3ccc(Cl)cc3C)n2)cc1. The molecule has 0 aliphatic carbocycles. The van der Waals surface area contributed by atoms with Crippen LogP contribution in [0.5, 0.6) is 11.5 Å². The molecule has 1 heterocycles. The molecule has 0 saturated heterocycles. The molecule has 0 atom stereocenters. The van der Waals surface area contributed by atoms with Gasteiger partial charge in [-0.1, -0.05) is 11.6 Å². The Labute approximate surface area is 169 Å². The molecule has 7 heteroatoms. The number of methoxy groups -OCH3 is 1. The van der Waals surface area contributed by atoms with Crippen LogP contribution in [0.15, 0.2) is 48.5 Å². The van der Waals surface area contributed by atoms with Crippen molar-refractivity contribution >= 4 is 29.1 Å². The van der Waals surface area contributed by atoms with Gasteiger partial charge in [-0.15, -0.1) is 0 Å². The van der Waals surface area contributed by atoms with Gasteiger partial charge >= 0.3 is 0 Å². The van der Waals surface area contributed by atoms with Crippen LogP contribution < -0.4 is 20.1 Å². The van der Waals surface area contributed by atoms with Crippen molar-refractivity contribution in [1.29, 1.82) is 0 Å². The summed E-state index contributed by atoms with van der Waals surface area (Å²) in [6.45, 7) is 5.00. The normalized spacial score (nSPS) is 10.4. The summed E-state index contributed by atoms with van der Waals surface area (Å²) < 4.78 is 10.8. The molecule has 28 heavy (non-hydrogen) atoms. The molecule has 2 aromatic carbocycles. The fraction of sp³-hybridized carbons (Fsp3) is 0.238. The summed E-state index contributed by atoms with van der Waals surface area (Å²) in [6.07, 6.45) is 0. The van der Waals surface area contributed by atoms with Gasteiger partial charge in [0, 0.05) is 22.5 Å². The highest BCUT2D eigenvalue weighted by Gasteiger charge is 2.05. The molecule has 6 nitrogen and oxygen atoms in total. The molecule has 0 unspecified atom stereocenters. The molecule has 0 bridgehead atoms. The molecular weight excluding hydrogens is 376 g/mol.